The van der Waals surface area contributed by atoms with E-state index >= 15 is 0 Å². The first-order valence-electron chi connectivity index (χ1n) is 6.37. The number of ketones is 1. The molecule has 0 amide bonds. The second kappa shape index (κ2) is 5.02. The number of ether oxygens (including phenoxy) is 1. The average Bonchev–Trinajstić information content (AvgIpc) is 2.36. The Balaban J connectivity index is 2.42. The van der Waals surface area contributed by atoms with E-state index in [1.165, 1.54) is 0 Å². The number of anilines is 1. The fourth-order valence-corrected chi connectivity index (χ4v) is 2.38. The zero-order valence-corrected chi connectivity index (χ0v) is 11.6. The quantitative estimate of drug-likeness (QED) is 0.764. The largest absolute Gasteiger partial charge is 0.372 e. The number of carbonyl (C=O) groups is 1. The molecule has 0 spiro atoms. The van der Waals surface area contributed by atoms with Gasteiger partial charge in [0.2, 0.25) is 0 Å². The lowest BCUT2D eigenvalue weighted by Gasteiger charge is -2.40. The van der Waals surface area contributed by atoms with Gasteiger partial charge in [-0.1, -0.05) is 0 Å². The van der Waals surface area contributed by atoms with E-state index in [9.17, 15) is 4.79 Å². The highest BCUT2D eigenvalue weighted by Crippen LogP contribution is 2.27. The molecule has 1 heterocycles. The average molecular weight is 258 g/mol. The van der Waals surface area contributed by atoms with Gasteiger partial charge in [-0.25, -0.2) is 0 Å². The van der Waals surface area contributed by atoms with Crippen molar-refractivity contribution in [3.63, 3.8) is 0 Å². The number of nitrogens with zero attached hydrogens (tertiary/aromatic N) is 2. The van der Waals surface area contributed by atoms with Gasteiger partial charge in [0.15, 0.2) is 5.78 Å². The molecular weight excluding hydrogens is 240 g/mol. The third kappa shape index (κ3) is 2.94. The number of nitriles is 1. The smallest absolute Gasteiger partial charge is 0.161 e. The number of morpholine rings is 1. The first-order valence-corrected chi connectivity index (χ1v) is 6.37. The summed E-state index contributed by atoms with van der Waals surface area (Å²) in [5.41, 5.74) is 1.83. The molecule has 0 aromatic heterocycles. The zero-order valence-electron chi connectivity index (χ0n) is 11.6. The standard InChI is InChI=1S/C15H18N2O2/c1-11(18)13-5-4-12(9-16)8-14(13)17-6-7-19-15(2,3)10-17/h4-5,8H,6-7,10H2,1-3H3. The number of hydrogen-bond acceptors (Lipinski definition) is 4. The highest BCUT2D eigenvalue weighted by molar-refractivity contribution is 6.00. The molecule has 1 saturated heterocycles. The van der Waals surface area contributed by atoms with E-state index in [0.29, 0.717) is 24.3 Å². The molecule has 0 aliphatic carbocycles. The van der Waals surface area contributed by atoms with Crippen LogP contribution in [0.25, 0.3) is 0 Å². The van der Waals surface area contributed by atoms with Crippen molar-refractivity contribution in [1.29, 1.82) is 5.26 Å². The molecule has 1 aliphatic heterocycles. The molecule has 19 heavy (non-hydrogen) atoms. The van der Waals surface area contributed by atoms with Crippen molar-refractivity contribution >= 4 is 11.5 Å². The van der Waals surface area contributed by atoms with Crippen molar-refractivity contribution in [2.75, 3.05) is 24.6 Å². The topological polar surface area (TPSA) is 53.3 Å². The van der Waals surface area contributed by atoms with Gasteiger partial charge in [-0.05, 0) is 39.0 Å². The molecule has 1 aromatic carbocycles. The van der Waals surface area contributed by atoms with E-state index in [1.54, 1.807) is 25.1 Å². The van der Waals surface area contributed by atoms with Gasteiger partial charge in [-0.15, -0.1) is 0 Å². The van der Waals surface area contributed by atoms with Gasteiger partial charge in [0.1, 0.15) is 0 Å². The lowest BCUT2D eigenvalue weighted by molar-refractivity contribution is -0.0277. The Kier molecular flexibility index (Phi) is 3.59. The summed E-state index contributed by atoms with van der Waals surface area (Å²) in [7, 11) is 0. The maximum absolute atomic E-state index is 11.7. The van der Waals surface area contributed by atoms with Gasteiger partial charge in [-0.2, -0.15) is 5.26 Å². The van der Waals surface area contributed by atoms with Gasteiger partial charge in [0, 0.05) is 24.3 Å². The molecule has 4 nitrogen and oxygen atoms in total. The summed E-state index contributed by atoms with van der Waals surface area (Å²) < 4.78 is 5.68. The van der Waals surface area contributed by atoms with Crippen LogP contribution in [0, 0.1) is 11.3 Å². The van der Waals surface area contributed by atoms with E-state index in [0.717, 1.165) is 12.2 Å². The minimum absolute atomic E-state index is 0.0174. The summed E-state index contributed by atoms with van der Waals surface area (Å²) in [4.78, 5) is 13.9. The fourth-order valence-electron chi connectivity index (χ4n) is 2.38. The lowest BCUT2D eigenvalue weighted by atomic mass is 10.0. The molecule has 0 saturated carbocycles. The molecule has 0 radical (unpaired) electrons. The van der Waals surface area contributed by atoms with E-state index < -0.39 is 0 Å². The van der Waals surface area contributed by atoms with E-state index in [2.05, 4.69) is 11.0 Å². The molecule has 2 rings (SSSR count). The van der Waals surface area contributed by atoms with Crippen LogP contribution in [0.4, 0.5) is 5.69 Å². The van der Waals surface area contributed by atoms with Gasteiger partial charge >= 0.3 is 0 Å². The van der Waals surface area contributed by atoms with Crippen molar-refractivity contribution in [3.8, 4) is 6.07 Å². The predicted octanol–water partition coefficient (Wildman–Crippen LogP) is 2.38. The first-order chi connectivity index (χ1) is 8.93. The maximum Gasteiger partial charge on any atom is 0.161 e. The highest BCUT2D eigenvalue weighted by Gasteiger charge is 2.29. The summed E-state index contributed by atoms with van der Waals surface area (Å²) in [6, 6.07) is 7.34. The third-order valence-electron chi connectivity index (χ3n) is 3.27. The molecule has 0 unspecified atom stereocenters. The normalized spacial score (nSPS) is 17.9. The van der Waals surface area contributed by atoms with E-state index in [1.807, 2.05) is 13.8 Å². The van der Waals surface area contributed by atoms with Crippen LogP contribution >= 0.6 is 0 Å². The Morgan fingerprint density at radius 3 is 2.79 bits per heavy atom. The first kappa shape index (κ1) is 13.6. The van der Waals surface area contributed by atoms with Crippen LogP contribution in [0.2, 0.25) is 0 Å². The molecule has 0 bridgehead atoms. The monoisotopic (exact) mass is 258 g/mol. The summed E-state index contributed by atoms with van der Waals surface area (Å²) in [5, 5.41) is 9.01. The second-order valence-electron chi connectivity index (χ2n) is 5.43. The van der Waals surface area contributed by atoms with Crippen LogP contribution in [0.3, 0.4) is 0 Å². The fraction of sp³-hybridized carbons (Fsp3) is 0.467. The molecule has 4 heteroatoms. The molecule has 1 fully saturated rings. The van der Waals surface area contributed by atoms with Crippen LogP contribution in [0.5, 0.6) is 0 Å². The second-order valence-corrected chi connectivity index (χ2v) is 5.43. The van der Waals surface area contributed by atoms with Crippen LogP contribution in [0.15, 0.2) is 18.2 Å². The number of carbonyl (C=O) groups excluding carboxylic acids is 1. The van der Waals surface area contributed by atoms with Crippen LogP contribution in [-0.4, -0.2) is 31.1 Å². The molecule has 100 valence electrons. The molecule has 0 N–H and O–H groups in total. The Labute approximate surface area is 113 Å². The Hall–Kier alpha value is -1.86. The van der Waals surface area contributed by atoms with Gasteiger partial charge < -0.3 is 9.64 Å². The Morgan fingerprint density at radius 1 is 1.47 bits per heavy atom. The van der Waals surface area contributed by atoms with Crippen molar-refractivity contribution in [3.05, 3.63) is 29.3 Å². The number of hydrogen-bond donors (Lipinski definition) is 0. The van der Waals surface area contributed by atoms with E-state index in [-0.39, 0.29) is 11.4 Å². The number of Topliss-reactive ketones (excluding diaryl/α,β-unsaturated/α-hetero) is 1. The van der Waals surface area contributed by atoms with Crippen LogP contribution in [-0.2, 0) is 4.74 Å². The molecular formula is C15H18N2O2. The van der Waals surface area contributed by atoms with Crippen molar-refractivity contribution < 1.29 is 9.53 Å². The van der Waals surface area contributed by atoms with Crippen molar-refractivity contribution in [2.45, 2.75) is 26.4 Å². The maximum atomic E-state index is 11.7. The Bertz CT molecular complexity index is 544. The minimum atomic E-state index is -0.241. The minimum Gasteiger partial charge on any atom is -0.372 e. The molecule has 1 aliphatic rings. The molecule has 0 atom stereocenters. The third-order valence-corrected chi connectivity index (χ3v) is 3.27. The van der Waals surface area contributed by atoms with Crippen molar-refractivity contribution in [2.24, 2.45) is 0 Å². The van der Waals surface area contributed by atoms with Crippen molar-refractivity contribution in [1.82, 2.24) is 0 Å². The van der Waals surface area contributed by atoms with Gasteiger partial charge in [0.05, 0.1) is 23.8 Å². The van der Waals surface area contributed by atoms with E-state index in [4.69, 9.17) is 10.00 Å². The summed E-state index contributed by atoms with van der Waals surface area (Å²) in [6.45, 7) is 7.68. The lowest BCUT2D eigenvalue weighted by Crippen LogP contribution is -2.48. The summed E-state index contributed by atoms with van der Waals surface area (Å²) in [6.07, 6.45) is 0. The Morgan fingerprint density at radius 2 is 2.21 bits per heavy atom. The summed E-state index contributed by atoms with van der Waals surface area (Å²) in [5.74, 6) is 0.0174. The summed E-state index contributed by atoms with van der Waals surface area (Å²) >= 11 is 0. The van der Waals surface area contributed by atoms with Crippen LogP contribution in [0.1, 0.15) is 36.7 Å². The SMILES string of the molecule is CC(=O)c1ccc(C#N)cc1N1CCOC(C)(C)C1. The zero-order chi connectivity index (χ0) is 14.0. The highest BCUT2D eigenvalue weighted by atomic mass is 16.5. The van der Waals surface area contributed by atoms with Gasteiger partial charge in [0.25, 0.3) is 0 Å². The number of rotatable bonds is 2. The predicted molar refractivity (Wildman–Crippen MR) is 73.4 cm³/mol. The molecule has 1 aromatic rings. The number of benzene rings is 1. The van der Waals surface area contributed by atoms with Gasteiger partial charge in [-0.3, -0.25) is 4.79 Å². The van der Waals surface area contributed by atoms with Crippen LogP contribution < -0.4 is 4.90 Å².